The quantitative estimate of drug-likeness (QED) is 0.503. The molecule has 0 saturated carbocycles. The number of hydrogen-bond acceptors (Lipinski definition) is 5. The van der Waals surface area contributed by atoms with Gasteiger partial charge in [-0.3, -0.25) is 4.79 Å². The minimum Gasteiger partial charge on any atom is -0.348 e. The van der Waals surface area contributed by atoms with Crippen LogP contribution in [0.15, 0.2) is 12.7 Å². The van der Waals surface area contributed by atoms with Gasteiger partial charge in [-0.2, -0.15) is 26.3 Å². The number of halogens is 6. The molecular weight excluding hydrogens is 404 g/mol. The van der Waals surface area contributed by atoms with Crippen LogP contribution in [0.4, 0.5) is 26.3 Å². The molecule has 0 atom stereocenters. The molecule has 25 heavy (non-hydrogen) atoms. The summed E-state index contributed by atoms with van der Waals surface area (Å²) in [4.78, 5) is 11.2. The van der Waals surface area contributed by atoms with Crippen LogP contribution in [0.25, 0.3) is 0 Å². The summed E-state index contributed by atoms with van der Waals surface area (Å²) in [5, 5.41) is 2.13. The monoisotopic (exact) mass is 419 g/mol. The Labute approximate surface area is 140 Å². The molecule has 1 amide bonds. The molecule has 6 nitrogen and oxygen atoms in total. The number of sulfone groups is 2. The normalized spacial score (nSPS) is 14.4. The number of carbonyl (C=O) groups is 1. The van der Waals surface area contributed by atoms with E-state index in [1.807, 2.05) is 0 Å². The molecule has 0 fully saturated rings. The zero-order valence-electron chi connectivity index (χ0n) is 12.9. The van der Waals surface area contributed by atoms with Crippen LogP contribution in [0.1, 0.15) is 26.7 Å². The van der Waals surface area contributed by atoms with Crippen molar-refractivity contribution in [3.8, 4) is 0 Å². The maximum Gasteiger partial charge on any atom is 0.498 e. The van der Waals surface area contributed by atoms with E-state index in [9.17, 15) is 48.0 Å². The van der Waals surface area contributed by atoms with Crippen molar-refractivity contribution >= 4 is 25.6 Å². The van der Waals surface area contributed by atoms with Crippen molar-refractivity contribution in [3.63, 3.8) is 0 Å². The number of nitrogens with one attached hydrogen (secondary N) is 1. The maximum absolute atomic E-state index is 12.6. The van der Waals surface area contributed by atoms with Gasteiger partial charge in [0, 0.05) is 5.54 Å². The molecule has 0 aliphatic heterocycles. The first-order valence-electron chi connectivity index (χ1n) is 6.34. The number of rotatable bonds is 7. The highest BCUT2D eigenvalue weighted by molar-refractivity contribution is 8.09. The van der Waals surface area contributed by atoms with Gasteiger partial charge in [-0.15, -0.1) is 0 Å². The zero-order chi connectivity index (χ0) is 20.5. The molecule has 0 aliphatic rings. The van der Waals surface area contributed by atoms with Crippen LogP contribution in [-0.2, 0) is 24.5 Å². The number of hydrogen-bond donors (Lipinski definition) is 1. The van der Waals surface area contributed by atoms with E-state index < -0.39 is 59.6 Å². The third-order valence-corrected chi connectivity index (χ3v) is 7.66. The van der Waals surface area contributed by atoms with Gasteiger partial charge in [0.2, 0.25) is 5.91 Å². The van der Waals surface area contributed by atoms with E-state index in [2.05, 4.69) is 11.9 Å². The first-order chi connectivity index (χ1) is 10.8. The molecule has 0 rings (SSSR count). The molecule has 0 saturated heterocycles. The zero-order valence-corrected chi connectivity index (χ0v) is 14.5. The van der Waals surface area contributed by atoms with Crippen molar-refractivity contribution in [2.45, 2.75) is 47.8 Å². The highest BCUT2D eigenvalue weighted by Crippen LogP contribution is 2.38. The van der Waals surface area contributed by atoms with E-state index in [1.54, 1.807) is 0 Å². The van der Waals surface area contributed by atoms with Gasteiger partial charge in [-0.25, -0.2) is 16.8 Å². The van der Waals surface area contributed by atoms with Crippen LogP contribution in [-0.4, -0.2) is 43.9 Å². The molecule has 0 aromatic rings. The van der Waals surface area contributed by atoms with Crippen LogP contribution in [0.5, 0.6) is 0 Å². The Kier molecular flexibility index (Phi) is 6.76. The summed E-state index contributed by atoms with van der Waals surface area (Å²) in [5.41, 5.74) is -13.9. The molecule has 0 aromatic heterocycles. The maximum atomic E-state index is 12.6. The van der Waals surface area contributed by atoms with E-state index in [1.165, 1.54) is 0 Å². The van der Waals surface area contributed by atoms with E-state index in [0.29, 0.717) is 0 Å². The van der Waals surface area contributed by atoms with Gasteiger partial charge in [-0.1, -0.05) is 6.58 Å². The predicted octanol–water partition coefficient (Wildman–Crippen LogP) is 2.04. The predicted molar refractivity (Wildman–Crippen MR) is 75.4 cm³/mol. The molecule has 0 unspecified atom stereocenters. The summed E-state index contributed by atoms with van der Waals surface area (Å²) < 4.78 is 117. The minimum absolute atomic E-state index is 0.762. The lowest BCUT2D eigenvalue weighted by Gasteiger charge is -2.28. The lowest BCUT2D eigenvalue weighted by atomic mass is 9.99. The molecule has 0 aliphatic carbocycles. The Morgan fingerprint density at radius 1 is 1.00 bits per heavy atom. The van der Waals surface area contributed by atoms with Crippen LogP contribution in [0.3, 0.4) is 0 Å². The first-order valence-corrected chi connectivity index (χ1v) is 9.44. The van der Waals surface area contributed by atoms with Gasteiger partial charge in [0.1, 0.15) is 0 Å². The van der Waals surface area contributed by atoms with Gasteiger partial charge >= 0.3 is 11.0 Å². The van der Waals surface area contributed by atoms with E-state index in [0.717, 1.165) is 19.9 Å². The minimum atomic E-state index is -6.68. The van der Waals surface area contributed by atoms with E-state index in [4.69, 9.17) is 0 Å². The van der Waals surface area contributed by atoms with E-state index in [-0.39, 0.29) is 0 Å². The van der Waals surface area contributed by atoms with Crippen molar-refractivity contribution in [2.75, 3.05) is 0 Å². The Hall–Kier alpha value is -1.31. The second kappa shape index (κ2) is 7.13. The highest BCUT2D eigenvalue weighted by atomic mass is 32.3. The number of amides is 1. The standard InChI is InChI=1S/C11H15F6NO5S2/c1-4-7(19)18-9(2,3)6-5-8(24(20,21)10(12,13)14)25(22,23)11(15,16)17/h4,8H,1,5-6H2,2-3H3,(H,18,19). The van der Waals surface area contributed by atoms with Crippen molar-refractivity contribution in [1.29, 1.82) is 0 Å². The van der Waals surface area contributed by atoms with Crippen LogP contribution in [0, 0.1) is 0 Å². The number of alkyl halides is 6. The summed E-state index contributed by atoms with van der Waals surface area (Å²) in [5.74, 6) is -0.834. The van der Waals surface area contributed by atoms with Crippen LogP contribution in [0.2, 0.25) is 0 Å². The fourth-order valence-electron chi connectivity index (χ4n) is 1.70. The van der Waals surface area contributed by atoms with Crippen molar-refractivity contribution in [1.82, 2.24) is 5.32 Å². The van der Waals surface area contributed by atoms with Gasteiger partial charge in [0.25, 0.3) is 19.7 Å². The molecule has 148 valence electrons. The Balaban J connectivity index is 5.91. The molecule has 1 N–H and O–H groups in total. The van der Waals surface area contributed by atoms with Gasteiger partial charge in [-0.05, 0) is 32.8 Å². The lowest BCUT2D eigenvalue weighted by molar-refractivity contribution is -0.118. The van der Waals surface area contributed by atoms with Crippen LogP contribution < -0.4 is 5.32 Å². The average molecular weight is 419 g/mol. The second-order valence-electron chi connectivity index (χ2n) is 5.53. The molecule has 0 aromatic carbocycles. The molecule has 0 heterocycles. The summed E-state index contributed by atoms with van der Waals surface area (Å²) in [6.45, 7) is 5.40. The first kappa shape index (κ1) is 23.7. The van der Waals surface area contributed by atoms with Gasteiger partial charge in [0.15, 0.2) is 4.58 Å². The second-order valence-corrected chi connectivity index (χ2v) is 10.1. The lowest BCUT2D eigenvalue weighted by Crippen LogP contribution is -2.48. The summed E-state index contributed by atoms with van der Waals surface area (Å²) in [6.07, 6.45) is -1.58. The summed E-state index contributed by atoms with van der Waals surface area (Å²) >= 11 is 0. The molecular formula is C11H15F6NO5S2. The topological polar surface area (TPSA) is 97.4 Å². The third kappa shape index (κ3) is 5.59. The Morgan fingerprint density at radius 3 is 1.64 bits per heavy atom. The molecule has 14 heteroatoms. The fraction of sp³-hybridized carbons (Fsp3) is 0.727. The summed E-state index contributed by atoms with van der Waals surface area (Å²) in [7, 11) is -13.4. The SMILES string of the molecule is C=CC(=O)NC(C)(C)CCC(S(=O)(=O)C(F)(F)F)S(=O)(=O)C(F)(F)F. The Bertz CT molecular complexity index is 677. The Morgan fingerprint density at radius 2 is 1.36 bits per heavy atom. The average Bonchev–Trinajstić information content (AvgIpc) is 2.34. The van der Waals surface area contributed by atoms with Gasteiger partial charge in [0.05, 0.1) is 0 Å². The van der Waals surface area contributed by atoms with Crippen molar-refractivity contribution in [2.24, 2.45) is 0 Å². The number of carbonyl (C=O) groups excluding carboxylic acids is 1. The third-order valence-electron chi connectivity index (χ3n) is 2.99. The fourth-order valence-corrected chi connectivity index (χ4v) is 5.14. The molecule has 0 radical (unpaired) electrons. The van der Waals surface area contributed by atoms with Crippen molar-refractivity contribution in [3.05, 3.63) is 12.7 Å². The molecule has 0 spiro atoms. The molecule has 0 bridgehead atoms. The van der Waals surface area contributed by atoms with Crippen molar-refractivity contribution < 1.29 is 48.0 Å². The van der Waals surface area contributed by atoms with E-state index >= 15 is 0 Å². The van der Waals surface area contributed by atoms with Crippen LogP contribution >= 0.6 is 0 Å². The van der Waals surface area contributed by atoms with Gasteiger partial charge < -0.3 is 5.32 Å². The summed E-state index contributed by atoms with van der Waals surface area (Å²) in [6, 6.07) is 0. The highest BCUT2D eigenvalue weighted by Gasteiger charge is 2.62. The largest absolute Gasteiger partial charge is 0.498 e. The smallest absolute Gasteiger partial charge is 0.348 e.